The molecule has 0 aromatic rings. The van der Waals surface area contributed by atoms with E-state index in [4.69, 9.17) is 25.2 Å². The van der Waals surface area contributed by atoms with Crippen molar-refractivity contribution in [3.05, 3.63) is 34.4 Å². The van der Waals surface area contributed by atoms with E-state index in [1.54, 1.807) is 19.9 Å². The van der Waals surface area contributed by atoms with Crippen molar-refractivity contribution >= 4 is 111 Å². The Morgan fingerprint density at radius 1 is 0.521 bits per heavy atom. The Labute approximate surface area is 583 Å². The molecule has 0 spiro atoms. The Kier molecular flexibility index (Phi) is 31.0. The summed E-state index contributed by atoms with van der Waals surface area (Å²) in [7, 11) is 1.79. The first kappa shape index (κ1) is 84.4. The number of carboxylic acid groups (broad SMARTS) is 3. The monoisotopic (exact) mass is 1350 g/mol. The second-order valence-corrected chi connectivity index (χ2v) is 30.0. The molecule has 0 amide bonds. The fraction of sp³-hybridized carbons (Fsp3) is 0.720. The van der Waals surface area contributed by atoms with Gasteiger partial charge in [-0.25, -0.2) is 4.79 Å². The minimum absolute atomic E-state index is 0. The second-order valence-electron chi connectivity index (χ2n) is 30.0. The zero-order chi connectivity index (χ0) is 72.1. The van der Waals surface area contributed by atoms with Gasteiger partial charge in [-0.2, -0.15) is 7.11 Å². The third-order valence-corrected chi connectivity index (χ3v) is 25.0. The molecule has 96 heavy (non-hydrogen) atoms. The van der Waals surface area contributed by atoms with Crippen LogP contribution in [-0.4, -0.2) is 135 Å². The Morgan fingerprint density at radius 2 is 1.00 bits per heavy atom. The van der Waals surface area contributed by atoms with Crippen LogP contribution in [0.1, 0.15) is 250 Å². The van der Waals surface area contributed by atoms with Gasteiger partial charge in [-0.3, -0.25) is 57.5 Å². The topological polar surface area (TPSA) is 352 Å². The zero-order valence-corrected chi connectivity index (χ0v) is 61.0. The van der Waals surface area contributed by atoms with Crippen LogP contribution in [0.25, 0.3) is 0 Å². The smallest absolute Gasteiger partial charge is 0.857 e. The maximum atomic E-state index is 11.6. The minimum Gasteiger partial charge on any atom is -0.857 e. The van der Waals surface area contributed by atoms with E-state index in [0.29, 0.717) is 105 Å². The van der Waals surface area contributed by atoms with Gasteiger partial charge < -0.3 is 34.8 Å². The molecule has 0 bridgehead atoms. The summed E-state index contributed by atoms with van der Waals surface area (Å²) in [5, 5.41) is 35.5. The van der Waals surface area contributed by atoms with Gasteiger partial charge in [0.1, 0.15) is 52.0 Å². The van der Waals surface area contributed by atoms with Crippen molar-refractivity contribution in [1.82, 2.24) is 0 Å². The van der Waals surface area contributed by atoms with Crippen LogP contribution in [0.4, 0.5) is 4.79 Å². The summed E-state index contributed by atoms with van der Waals surface area (Å²) in [6.45, 7) is 24.4. The fourth-order valence-corrected chi connectivity index (χ4v) is 16.7. The minimum atomic E-state index is -1.50. The predicted molar refractivity (Wildman–Crippen MR) is 353 cm³/mol. The van der Waals surface area contributed by atoms with Gasteiger partial charge in [-0.1, -0.05) is 66.5 Å². The summed E-state index contributed by atoms with van der Waals surface area (Å²) in [5.74, 6) is 0.238. The van der Waals surface area contributed by atoms with Gasteiger partial charge in [0.05, 0.1) is 11.3 Å². The van der Waals surface area contributed by atoms with Crippen LogP contribution in [0.15, 0.2) is 34.4 Å². The van der Waals surface area contributed by atoms with E-state index in [2.05, 4.69) is 60.1 Å². The van der Waals surface area contributed by atoms with Crippen LogP contribution in [0.5, 0.6) is 0 Å². The Bertz CT molecular complexity index is 3090. The number of ketones is 12. The van der Waals surface area contributed by atoms with E-state index in [-0.39, 0.29) is 126 Å². The van der Waals surface area contributed by atoms with Gasteiger partial charge in [-0.05, 0) is 193 Å². The number of rotatable bonds is 5. The molecule has 20 nitrogen and oxygen atoms in total. The van der Waals surface area contributed by atoms with Gasteiger partial charge in [0.25, 0.3) is 6.16 Å². The summed E-state index contributed by atoms with van der Waals surface area (Å²) < 4.78 is 3.56. The maximum absolute atomic E-state index is 11.6. The van der Waals surface area contributed by atoms with Gasteiger partial charge >= 0.3 is 35.0 Å². The third-order valence-electron chi connectivity index (χ3n) is 25.0. The number of methoxy groups -OCH3 is 1. The number of carbonyl (C=O) groups is 15. The zero-order valence-electron chi connectivity index (χ0n) is 59.6. The number of carbonyl (C=O) groups excluding carboxylic acids is 13. The first-order valence-electron chi connectivity index (χ1n) is 34.3. The molecule has 1 unspecified atom stereocenters. The first-order valence-corrected chi connectivity index (χ1v) is 34.3. The number of hydrogen-bond acceptors (Lipinski definition) is 18. The summed E-state index contributed by atoms with van der Waals surface area (Å²) in [4.78, 5) is 166. The van der Waals surface area contributed by atoms with Crippen molar-refractivity contribution in [2.75, 3.05) is 14.2 Å². The fourth-order valence-electron chi connectivity index (χ4n) is 16.7. The van der Waals surface area contributed by atoms with Crippen LogP contribution in [-0.2, 0) is 71.9 Å². The van der Waals surface area contributed by atoms with Gasteiger partial charge in [0.2, 0.25) is 5.78 Å². The average molecular weight is 1350 g/mol. The van der Waals surface area contributed by atoms with Crippen LogP contribution >= 0.6 is 0 Å². The summed E-state index contributed by atoms with van der Waals surface area (Å²) in [6.07, 6.45) is 21.2. The standard InChI is InChI=1S/C12H18O3.C12H16O3.C11H16O2.C11H16O.C10H14O3.C10H12O2.C6H8O2.C2H4O3.CH3O.Mg/c2*1-7-3-4-8-10(11(14)15)9(13)5-6-12(7,8)2;1-7-3-4-8-10(13)9(12)5-6-11(7,8)2;1-8-3-4-9-7-10(12)5-6-11(8,9)2;1-7(11)5-6-10(2)8(12)3-4-9(10)13;1-10-5-4-8(11)6-7(10)2-3-9(10)12;1-4-5(7)2-3-6(4)8;1-5-2(3)4;1-2;/h7-8,10H,3-6H2,1-2H3,(H,14,15);7H,3-6H2,1-2H3,(H,14,15);7-8H,3-6H2,1-2H3;7-8H,3-6H2,1-2H3;3-6H2,1-2H3;6H,2-5H2,1H3;4H,2-3H2,1H3;1H3,(H,3,4);1H3;/q;;;;;;;;-1;+2/p-1/t7-,8-,10?,12+;7-,12+;7-,8-,11+;8-,11+;;10-;;;;/m1111.1..../s1. The molecule has 0 saturated heterocycles. The molecular weight excluding hydrogens is 1250 g/mol. The predicted octanol–water partition coefficient (Wildman–Crippen LogP) is 10.0. The molecule has 9 fully saturated rings. The number of Topliss-reactive ketones (excluding diaryl/α,β-unsaturated/α-hetero) is 10. The number of ether oxygens (including phenoxy) is 1. The molecule has 12 aliphatic carbocycles. The third kappa shape index (κ3) is 19.1. The second kappa shape index (κ2) is 35.3. The van der Waals surface area contributed by atoms with E-state index < -0.39 is 29.4 Å². The van der Waals surface area contributed by atoms with Crippen molar-refractivity contribution < 1.29 is 97.1 Å². The van der Waals surface area contributed by atoms with E-state index in [0.717, 1.165) is 121 Å². The van der Waals surface area contributed by atoms with Crippen LogP contribution < -0.4 is 10.2 Å². The molecule has 528 valence electrons. The molecule has 12 rings (SSSR count). The SMILES string of the molecule is CC(=O)CCC1(C)C(=O)CCC1=O.CC1C(=O)CCC1=O.COC(=O)[O-].C[C@@H]1CCC2=C(C(=O)O)C(=O)CC[C@]21C.C[C@@H]1CCC2=CC(=O)CC[C@]21C.C[C@@H]1CC[C@@H]2C(=O)C(=O)CC[C@@]12C.C[C@@H]1CC[C@@H]2C(C(=O)O)C(=O)CC[C@@]12C.C[C@@]12CCC(=O)C=C1CCC2=O.C[O-].[Mg+2]. The Hall–Kier alpha value is -5.80. The molecule has 12 aliphatic rings. The van der Waals surface area contributed by atoms with Gasteiger partial charge in [0, 0.05) is 89.1 Å². The summed E-state index contributed by atoms with van der Waals surface area (Å²) >= 11 is 0. The van der Waals surface area contributed by atoms with Crippen molar-refractivity contribution in [3.8, 4) is 0 Å². The van der Waals surface area contributed by atoms with Crippen molar-refractivity contribution in [2.24, 2.45) is 79.8 Å². The van der Waals surface area contributed by atoms with Gasteiger partial charge in [0.15, 0.2) is 23.1 Å². The largest absolute Gasteiger partial charge is 2.00 e. The van der Waals surface area contributed by atoms with E-state index in [1.807, 2.05) is 13.0 Å². The Morgan fingerprint density at radius 3 is 1.52 bits per heavy atom. The van der Waals surface area contributed by atoms with Crippen LogP contribution in [0, 0.1) is 79.8 Å². The normalized spacial score (nSPS) is 33.3. The van der Waals surface area contributed by atoms with Crippen LogP contribution in [0.3, 0.4) is 0 Å². The number of carboxylic acids is 2. The quantitative estimate of drug-likeness (QED) is 0.0849. The van der Waals surface area contributed by atoms with Crippen LogP contribution in [0.2, 0.25) is 0 Å². The molecule has 0 aromatic heterocycles. The first-order chi connectivity index (χ1) is 44.2. The summed E-state index contributed by atoms with van der Waals surface area (Å²) in [5.41, 5.74) is 2.90. The number of fused-ring (bicyclic) bond motifs is 5. The number of aliphatic carboxylic acids is 2. The Balaban J connectivity index is 0.000000288. The van der Waals surface area contributed by atoms with Gasteiger partial charge in [-0.15, -0.1) is 0 Å². The maximum Gasteiger partial charge on any atom is 2.00 e. The average Bonchev–Trinajstić information content (AvgIpc) is 1.52. The molecule has 2 N–H and O–H groups in total. The van der Waals surface area contributed by atoms with E-state index >= 15 is 0 Å². The summed E-state index contributed by atoms with van der Waals surface area (Å²) in [6, 6.07) is 0. The van der Waals surface area contributed by atoms with Crippen molar-refractivity contribution in [3.63, 3.8) is 0 Å². The molecular formula is C75H106MgO20. The molecule has 0 radical (unpaired) electrons. The molecule has 12 atom stereocenters. The van der Waals surface area contributed by atoms with E-state index in [1.165, 1.54) is 18.9 Å². The number of allylic oxidation sites excluding steroid dienone is 5. The number of hydrogen-bond donors (Lipinski definition) is 2. The molecule has 0 aliphatic heterocycles. The molecule has 21 heteroatoms. The molecule has 0 aromatic carbocycles. The molecule has 0 heterocycles. The molecule has 9 saturated carbocycles. The van der Waals surface area contributed by atoms with Crippen molar-refractivity contribution in [2.45, 2.75) is 250 Å². The van der Waals surface area contributed by atoms with E-state index in [9.17, 15) is 67.1 Å². The van der Waals surface area contributed by atoms with Crippen molar-refractivity contribution in [1.29, 1.82) is 0 Å².